The van der Waals surface area contributed by atoms with E-state index in [0.29, 0.717) is 6.04 Å². The van der Waals surface area contributed by atoms with Crippen LogP contribution in [0, 0.1) is 0 Å². The molecule has 0 N–H and O–H groups in total. The molecular weight excluding hydrogens is 404 g/mol. The summed E-state index contributed by atoms with van der Waals surface area (Å²) in [5.74, 6) is 1.01. The Labute approximate surface area is 176 Å². The maximum Gasteiger partial charge on any atom is 0.242 e. The van der Waals surface area contributed by atoms with E-state index < -0.39 is 10.0 Å². The van der Waals surface area contributed by atoms with Crippen LogP contribution in [0.4, 0.5) is 0 Å². The highest BCUT2D eigenvalue weighted by atomic mass is 32.2. The smallest absolute Gasteiger partial charge is 0.242 e. The van der Waals surface area contributed by atoms with Crippen molar-refractivity contribution in [3.63, 3.8) is 0 Å². The lowest BCUT2D eigenvalue weighted by atomic mass is 10.0. The van der Waals surface area contributed by atoms with Crippen LogP contribution in [0.15, 0.2) is 34.5 Å². The molecule has 3 heterocycles. The first-order valence-corrected chi connectivity index (χ1v) is 12.4. The van der Waals surface area contributed by atoms with Gasteiger partial charge in [0.25, 0.3) is 0 Å². The Bertz CT molecular complexity index is 1130. The third-order valence-electron chi connectivity index (χ3n) is 5.77. The molecule has 0 fully saturated rings. The minimum Gasteiger partial charge on any atom is -0.327 e. The van der Waals surface area contributed by atoms with Gasteiger partial charge in [0.05, 0.1) is 22.5 Å². The van der Waals surface area contributed by atoms with Crippen LogP contribution in [0.5, 0.6) is 0 Å². The lowest BCUT2D eigenvalue weighted by Gasteiger charge is -2.33. The van der Waals surface area contributed by atoms with Crippen molar-refractivity contribution in [2.75, 3.05) is 20.6 Å². The first-order chi connectivity index (χ1) is 13.8. The van der Waals surface area contributed by atoms with Crippen LogP contribution in [0.2, 0.25) is 0 Å². The number of sulfonamides is 1. The Hall–Kier alpha value is -1.74. The predicted octanol–water partition coefficient (Wildman–Crippen LogP) is 3.88. The molecule has 0 saturated heterocycles. The van der Waals surface area contributed by atoms with Crippen molar-refractivity contribution in [3.8, 4) is 0 Å². The summed E-state index contributed by atoms with van der Waals surface area (Å²) in [5.41, 5.74) is 3.18. The molecule has 0 unspecified atom stereocenters. The van der Waals surface area contributed by atoms with Gasteiger partial charge in [0.15, 0.2) is 0 Å². The summed E-state index contributed by atoms with van der Waals surface area (Å²) < 4.78 is 28.5. The Morgan fingerprint density at radius 1 is 1.28 bits per heavy atom. The van der Waals surface area contributed by atoms with Gasteiger partial charge in [0, 0.05) is 38.1 Å². The average Bonchev–Trinajstić information content (AvgIpc) is 3.29. The summed E-state index contributed by atoms with van der Waals surface area (Å²) in [6.07, 6.45) is 2.08. The number of benzene rings is 1. The maximum atomic E-state index is 12.5. The monoisotopic (exact) mass is 432 g/mol. The second kappa shape index (κ2) is 7.83. The van der Waals surface area contributed by atoms with Gasteiger partial charge in [-0.25, -0.2) is 17.7 Å². The SMILES string of the molecule is CCCn1c(CN2CCc3sccc3[C@@H]2C)nc2cc(S(=O)(=O)N(C)C)ccc21. The maximum absolute atomic E-state index is 12.5. The van der Waals surface area contributed by atoms with Crippen molar-refractivity contribution < 1.29 is 8.42 Å². The van der Waals surface area contributed by atoms with Gasteiger partial charge >= 0.3 is 0 Å². The quantitative estimate of drug-likeness (QED) is 0.593. The molecule has 3 aromatic rings. The van der Waals surface area contributed by atoms with E-state index in [0.717, 1.165) is 49.3 Å². The molecule has 2 aromatic heterocycles. The molecule has 1 aliphatic heterocycles. The summed E-state index contributed by atoms with van der Waals surface area (Å²) in [6.45, 7) is 7.07. The molecule has 1 atom stereocenters. The van der Waals surface area contributed by atoms with E-state index in [9.17, 15) is 8.42 Å². The minimum absolute atomic E-state index is 0.289. The van der Waals surface area contributed by atoms with Crippen LogP contribution >= 0.6 is 11.3 Å². The van der Waals surface area contributed by atoms with Crippen LogP contribution in [0.3, 0.4) is 0 Å². The van der Waals surface area contributed by atoms with Gasteiger partial charge in [0.1, 0.15) is 5.82 Å². The number of hydrogen-bond acceptors (Lipinski definition) is 5. The summed E-state index contributed by atoms with van der Waals surface area (Å²) >= 11 is 1.85. The normalized spacial score (nSPS) is 17.9. The highest BCUT2D eigenvalue weighted by molar-refractivity contribution is 7.89. The molecule has 0 amide bonds. The fraction of sp³-hybridized carbons (Fsp3) is 0.476. The zero-order valence-corrected chi connectivity index (χ0v) is 19.1. The standard InChI is InChI=1S/C21H28N4O2S2/c1-5-10-25-19-7-6-16(29(26,27)23(3)4)13-18(19)22-21(25)14-24-11-8-20-17(15(24)2)9-12-28-20/h6-7,9,12-13,15H,5,8,10-11,14H2,1-4H3/t15-/m0/s1. The molecule has 0 spiro atoms. The fourth-order valence-corrected chi connectivity index (χ4v) is 5.97. The third-order valence-corrected chi connectivity index (χ3v) is 8.58. The van der Waals surface area contributed by atoms with Crippen molar-refractivity contribution in [1.29, 1.82) is 0 Å². The molecule has 0 radical (unpaired) electrons. The summed E-state index contributed by atoms with van der Waals surface area (Å²) in [6, 6.07) is 7.90. The van der Waals surface area contributed by atoms with Crippen molar-refractivity contribution in [2.45, 2.75) is 50.7 Å². The molecule has 1 aliphatic rings. The number of imidazole rings is 1. The second-order valence-corrected chi connectivity index (χ2v) is 11.0. The molecule has 4 rings (SSSR count). The van der Waals surface area contributed by atoms with Gasteiger partial charge in [-0.1, -0.05) is 6.92 Å². The van der Waals surface area contributed by atoms with Gasteiger partial charge in [-0.05, 0) is 55.0 Å². The number of rotatable bonds is 6. The van der Waals surface area contributed by atoms with E-state index in [2.05, 4.69) is 34.8 Å². The van der Waals surface area contributed by atoms with Crippen LogP contribution in [0.25, 0.3) is 11.0 Å². The molecule has 0 saturated carbocycles. The number of aryl methyl sites for hydroxylation is 1. The van der Waals surface area contributed by atoms with Gasteiger partial charge in [-0.2, -0.15) is 0 Å². The summed E-state index contributed by atoms with van der Waals surface area (Å²) in [7, 11) is -0.367. The van der Waals surface area contributed by atoms with Crippen LogP contribution in [0.1, 0.15) is 42.6 Å². The highest BCUT2D eigenvalue weighted by Crippen LogP contribution is 2.34. The van der Waals surface area contributed by atoms with Crippen molar-refractivity contribution >= 4 is 32.4 Å². The molecule has 29 heavy (non-hydrogen) atoms. The summed E-state index contributed by atoms with van der Waals surface area (Å²) in [4.78, 5) is 9.13. The van der Waals surface area contributed by atoms with E-state index in [1.54, 1.807) is 26.2 Å². The Morgan fingerprint density at radius 3 is 2.79 bits per heavy atom. The van der Waals surface area contributed by atoms with Gasteiger partial charge in [0.2, 0.25) is 10.0 Å². The lowest BCUT2D eigenvalue weighted by molar-refractivity contribution is 0.184. The largest absolute Gasteiger partial charge is 0.327 e. The van der Waals surface area contributed by atoms with Crippen LogP contribution in [-0.4, -0.2) is 47.8 Å². The van der Waals surface area contributed by atoms with Crippen molar-refractivity contribution in [3.05, 3.63) is 45.9 Å². The topological polar surface area (TPSA) is 58.4 Å². The Morgan fingerprint density at radius 2 is 2.07 bits per heavy atom. The molecule has 156 valence electrons. The average molecular weight is 433 g/mol. The molecule has 1 aromatic carbocycles. The second-order valence-electron chi connectivity index (χ2n) is 7.81. The van der Waals surface area contributed by atoms with Crippen molar-refractivity contribution in [2.24, 2.45) is 0 Å². The predicted molar refractivity (Wildman–Crippen MR) is 118 cm³/mol. The van der Waals surface area contributed by atoms with Gasteiger partial charge in [-0.15, -0.1) is 11.3 Å². The van der Waals surface area contributed by atoms with Gasteiger partial charge in [-0.3, -0.25) is 4.90 Å². The number of hydrogen-bond donors (Lipinski definition) is 0. The van der Waals surface area contributed by atoms with E-state index in [-0.39, 0.29) is 4.90 Å². The molecule has 8 heteroatoms. The summed E-state index contributed by atoms with van der Waals surface area (Å²) in [5, 5.41) is 2.18. The van der Waals surface area contributed by atoms with E-state index in [1.165, 1.54) is 14.7 Å². The van der Waals surface area contributed by atoms with Gasteiger partial charge < -0.3 is 4.57 Å². The molecular formula is C21H28N4O2S2. The van der Waals surface area contributed by atoms with E-state index in [1.807, 2.05) is 17.4 Å². The fourth-order valence-electron chi connectivity index (χ4n) is 4.08. The minimum atomic E-state index is -3.47. The molecule has 0 aliphatic carbocycles. The number of thiophene rings is 1. The van der Waals surface area contributed by atoms with Crippen molar-refractivity contribution in [1.82, 2.24) is 18.8 Å². The van der Waals surface area contributed by atoms with Crippen LogP contribution in [-0.2, 0) is 29.5 Å². The first-order valence-electron chi connectivity index (χ1n) is 10.0. The number of fused-ring (bicyclic) bond motifs is 2. The van der Waals surface area contributed by atoms with E-state index >= 15 is 0 Å². The molecule has 6 nitrogen and oxygen atoms in total. The number of nitrogens with zero attached hydrogens (tertiary/aromatic N) is 4. The Kier molecular flexibility index (Phi) is 5.54. The zero-order chi connectivity index (χ0) is 20.8. The molecule has 0 bridgehead atoms. The van der Waals surface area contributed by atoms with E-state index in [4.69, 9.17) is 4.98 Å². The highest BCUT2D eigenvalue weighted by Gasteiger charge is 2.26. The number of aromatic nitrogens is 2. The Balaban J connectivity index is 1.71. The third kappa shape index (κ3) is 3.63. The van der Waals surface area contributed by atoms with Crippen LogP contribution < -0.4 is 0 Å². The first kappa shape index (κ1) is 20.5. The zero-order valence-electron chi connectivity index (χ0n) is 17.4. The lowest BCUT2D eigenvalue weighted by Crippen LogP contribution is -2.33.